The largest absolute Gasteiger partial charge is 0.342 e. The molecule has 0 aliphatic carbocycles. The number of hydrogen-bond donors (Lipinski definition) is 2. The average Bonchev–Trinajstić information content (AvgIpc) is 3.01. The minimum atomic E-state index is -0.372. The summed E-state index contributed by atoms with van der Waals surface area (Å²) in [5.74, 6) is -0.633. The Kier molecular flexibility index (Phi) is 5.22. The molecule has 2 rings (SSSR count). The molecule has 6 heteroatoms. The normalized spacial score (nSPS) is 10.5. The van der Waals surface area contributed by atoms with Crippen LogP contribution in [0.2, 0.25) is 0 Å². The van der Waals surface area contributed by atoms with E-state index in [1.54, 1.807) is 23.7 Å². The third kappa shape index (κ3) is 4.85. The maximum atomic E-state index is 11.6. The van der Waals surface area contributed by atoms with Crippen molar-refractivity contribution in [3.05, 3.63) is 57.8 Å². The highest BCUT2D eigenvalue weighted by Gasteiger charge is 2.07. The highest BCUT2D eigenvalue weighted by Crippen LogP contribution is 2.07. The van der Waals surface area contributed by atoms with Crippen molar-refractivity contribution in [3.8, 4) is 0 Å². The van der Waals surface area contributed by atoms with Gasteiger partial charge < -0.3 is 5.32 Å². The first kappa shape index (κ1) is 14.9. The fourth-order valence-corrected chi connectivity index (χ4v) is 2.17. The van der Waals surface area contributed by atoms with Crippen LogP contribution in [0.15, 0.2) is 46.9 Å². The monoisotopic (exact) mass is 301 g/mol. The Morgan fingerprint density at radius 1 is 1.24 bits per heavy atom. The van der Waals surface area contributed by atoms with Crippen molar-refractivity contribution in [2.45, 2.75) is 6.92 Å². The molecule has 1 heterocycles. The molecule has 21 heavy (non-hydrogen) atoms. The lowest BCUT2D eigenvalue weighted by Crippen LogP contribution is -2.34. The molecule has 2 aromatic rings. The van der Waals surface area contributed by atoms with Gasteiger partial charge in [0.15, 0.2) is 0 Å². The number of hydrazone groups is 1. The molecule has 0 unspecified atom stereocenters. The summed E-state index contributed by atoms with van der Waals surface area (Å²) in [4.78, 5) is 23.7. The Morgan fingerprint density at radius 2 is 2.00 bits per heavy atom. The van der Waals surface area contributed by atoms with E-state index in [2.05, 4.69) is 15.8 Å². The predicted molar refractivity (Wildman–Crippen MR) is 83.6 cm³/mol. The van der Waals surface area contributed by atoms with Crippen molar-refractivity contribution in [1.82, 2.24) is 10.7 Å². The number of hydrogen-bond acceptors (Lipinski definition) is 4. The van der Waals surface area contributed by atoms with Gasteiger partial charge in [-0.25, -0.2) is 5.43 Å². The Bertz CT molecular complexity index is 633. The SMILES string of the molecule is Cc1ccc(C=NNC(=O)CNC(=O)c2cccs2)cc1. The Balaban J connectivity index is 1.74. The van der Waals surface area contributed by atoms with Crippen molar-refractivity contribution < 1.29 is 9.59 Å². The Morgan fingerprint density at radius 3 is 2.67 bits per heavy atom. The zero-order valence-electron chi connectivity index (χ0n) is 11.5. The summed E-state index contributed by atoms with van der Waals surface area (Å²) in [6, 6.07) is 11.2. The van der Waals surface area contributed by atoms with Crippen LogP contribution in [0.3, 0.4) is 0 Å². The lowest BCUT2D eigenvalue weighted by atomic mass is 10.2. The second-order valence-corrected chi connectivity index (χ2v) is 5.31. The van der Waals surface area contributed by atoms with Gasteiger partial charge in [0.2, 0.25) is 0 Å². The van der Waals surface area contributed by atoms with Crippen LogP contribution < -0.4 is 10.7 Å². The summed E-state index contributed by atoms with van der Waals surface area (Å²) >= 11 is 1.33. The van der Waals surface area contributed by atoms with Crippen molar-refractivity contribution in [1.29, 1.82) is 0 Å². The van der Waals surface area contributed by atoms with Gasteiger partial charge in [0.05, 0.1) is 17.6 Å². The van der Waals surface area contributed by atoms with E-state index in [4.69, 9.17) is 0 Å². The second-order valence-electron chi connectivity index (χ2n) is 4.36. The van der Waals surface area contributed by atoms with Crippen LogP contribution in [-0.4, -0.2) is 24.6 Å². The van der Waals surface area contributed by atoms with E-state index in [1.807, 2.05) is 31.2 Å². The quantitative estimate of drug-likeness (QED) is 0.654. The molecule has 0 aliphatic heterocycles. The van der Waals surface area contributed by atoms with Crippen LogP contribution >= 0.6 is 11.3 Å². The molecule has 0 aliphatic rings. The van der Waals surface area contributed by atoms with Crippen molar-refractivity contribution in [2.24, 2.45) is 5.10 Å². The van der Waals surface area contributed by atoms with Gasteiger partial charge in [-0.3, -0.25) is 9.59 Å². The van der Waals surface area contributed by atoms with Gasteiger partial charge in [-0.05, 0) is 23.9 Å². The minimum Gasteiger partial charge on any atom is -0.342 e. The number of benzene rings is 1. The van der Waals surface area contributed by atoms with E-state index in [0.29, 0.717) is 4.88 Å². The van der Waals surface area contributed by atoms with Crippen LogP contribution in [0.5, 0.6) is 0 Å². The molecule has 2 amide bonds. The van der Waals surface area contributed by atoms with E-state index in [-0.39, 0.29) is 18.4 Å². The number of amides is 2. The van der Waals surface area contributed by atoms with Gasteiger partial charge in [0, 0.05) is 0 Å². The van der Waals surface area contributed by atoms with E-state index < -0.39 is 0 Å². The first-order valence-corrected chi connectivity index (χ1v) is 7.23. The number of thiophene rings is 1. The van der Waals surface area contributed by atoms with Crippen molar-refractivity contribution in [2.75, 3.05) is 6.54 Å². The van der Waals surface area contributed by atoms with Gasteiger partial charge in [-0.1, -0.05) is 35.9 Å². The van der Waals surface area contributed by atoms with Crippen molar-refractivity contribution >= 4 is 29.4 Å². The number of carbonyl (C=O) groups is 2. The molecule has 0 fully saturated rings. The van der Waals surface area contributed by atoms with Crippen LogP contribution in [0, 0.1) is 6.92 Å². The molecule has 1 aromatic carbocycles. The molecule has 0 spiro atoms. The number of nitrogens with zero attached hydrogens (tertiary/aromatic N) is 1. The third-order valence-corrected chi connectivity index (χ3v) is 3.50. The molecule has 5 nitrogen and oxygen atoms in total. The van der Waals surface area contributed by atoms with E-state index in [9.17, 15) is 9.59 Å². The molecule has 0 saturated carbocycles. The topological polar surface area (TPSA) is 70.6 Å². The number of aryl methyl sites for hydroxylation is 1. The lowest BCUT2D eigenvalue weighted by molar-refractivity contribution is -0.120. The van der Waals surface area contributed by atoms with Crippen LogP contribution in [0.25, 0.3) is 0 Å². The van der Waals surface area contributed by atoms with Gasteiger partial charge in [-0.15, -0.1) is 11.3 Å². The molecule has 0 atom stereocenters. The first-order valence-electron chi connectivity index (χ1n) is 6.35. The molecule has 108 valence electrons. The summed E-state index contributed by atoms with van der Waals surface area (Å²) in [7, 11) is 0. The van der Waals surface area contributed by atoms with E-state index in [1.165, 1.54) is 11.3 Å². The summed E-state index contributed by atoms with van der Waals surface area (Å²) in [6.45, 7) is 1.89. The van der Waals surface area contributed by atoms with Gasteiger partial charge in [-0.2, -0.15) is 5.10 Å². The highest BCUT2D eigenvalue weighted by atomic mass is 32.1. The fraction of sp³-hybridized carbons (Fsp3) is 0.133. The number of nitrogens with one attached hydrogen (secondary N) is 2. The molecule has 1 aromatic heterocycles. The zero-order valence-corrected chi connectivity index (χ0v) is 12.3. The molecule has 0 saturated heterocycles. The third-order valence-electron chi connectivity index (χ3n) is 2.63. The molecule has 2 N–H and O–H groups in total. The molecular weight excluding hydrogens is 286 g/mol. The maximum Gasteiger partial charge on any atom is 0.261 e. The summed E-state index contributed by atoms with van der Waals surface area (Å²) in [6.07, 6.45) is 1.55. The average molecular weight is 301 g/mol. The fourth-order valence-electron chi connectivity index (χ4n) is 1.53. The van der Waals surface area contributed by atoms with Crippen molar-refractivity contribution in [3.63, 3.8) is 0 Å². The first-order chi connectivity index (χ1) is 10.1. The summed E-state index contributed by atoms with van der Waals surface area (Å²) < 4.78 is 0. The maximum absolute atomic E-state index is 11.6. The minimum absolute atomic E-state index is 0.109. The van der Waals surface area contributed by atoms with Gasteiger partial charge in [0.25, 0.3) is 11.8 Å². The standard InChI is InChI=1S/C15H15N3O2S/c1-11-4-6-12(7-5-11)9-17-18-14(19)10-16-15(20)13-3-2-8-21-13/h2-9H,10H2,1H3,(H,16,20)(H,18,19). The summed E-state index contributed by atoms with van der Waals surface area (Å²) in [5, 5.41) is 8.17. The highest BCUT2D eigenvalue weighted by molar-refractivity contribution is 7.12. The smallest absolute Gasteiger partial charge is 0.261 e. The molecule has 0 bridgehead atoms. The van der Waals surface area contributed by atoms with Crippen LogP contribution in [-0.2, 0) is 4.79 Å². The van der Waals surface area contributed by atoms with E-state index >= 15 is 0 Å². The zero-order chi connectivity index (χ0) is 15.1. The molecule has 0 radical (unpaired) electrons. The number of carbonyl (C=O) groups excluding carboxylic acids is 2. The Hall–Kier alpha value is -2.47. The second kappa shape index (κ2) is 7.35. The van der Waals surface area contributed by atoms with Gasteiger partial charge in [0.1, 0.15) is 0 Å². The van der Waals surface area contributed by atoms with E-state index in [0.717, 1.165) is 11.1 Å². The van der Waals surface area contributed by atoms with Crippen LogP contribution in [0.4, 0.5) is 0 Å². The predicted octanol–water partition coefficient (Wildman–Crippen LogP) is 1.94. The number of rotatable bonds is 5. The summed E-state index contributed by atoms with van der Waals surface area (Å²) in [5.41, 5.74) is 4.42. The lowest BCUT2D eigenvalue weighted by Gasteiger charge is -2.02. The van der Waals surface area contributed by atoms with Crippen LogP contribution in [0.1, 0.15) is 20.8 Å². The molecular formula is C15H15N3O2S. The van der Waals surface area contributed by atoms with Gasteiger partial charge >= 0.3 is 0 Å². The Labute approximate surface area is 126 Å².